The van der Waals surface area contributed by atoms with Crippen LogP contribution in [-0.2, 0) is 11.2 Å². The number of amides is 1. The number of rotatable bonds is 6. The standard InChI is InChI=1S/C25H28N4O3/c1-4-31-23-8-6-5-7-20(23)13-19-9-10-22(27-14-19)24-16-29(11-12-32-24)25(30)21-15-26-18(3)28-17(21)2/h5-10,14-15,24H,4,11-13,16H2,1-3H3. The third-order valence-corrected chi connectivity index (χ3v) is 5.53. The van der Waals surface area contributed by atoms with E-state index in [4.69, 9.17) is 9.47 Å². The number of aromatic nitrogens is 3. The van der Waals surface area contributed by atoms with Gasteiger partial charge in [-0.05, 0) is 44.0 Å². The zero-order chi connectivity index (χ0) is 22.5. The van der Waals surface area contributed by atoms with Gasteiger partial charge >= 0.3 is 0 Å². The number of para-hydroxylation sites is 1. The van der Waals surface area contributed by atoms with Gasteiger partial charge in [-0.2, -0.15) is 0 Å². The van der Waals surface area contributed by atoms with Crippen LogP contribution in [0.2, 0.25) is 0 Å². The number of ether oxygens (including phenoxy) is 2. The summed E-state index contributed by atoms with van der Waals surface area (Å²) < 4.78 is 11.7. The largest absolute Gasteiger partial charge is 0.494 e. The van der Waals surface area contributed by atoms with Gasteiger partial charge in [-0.25, -0.2) is 9.97 Å². The molecule has 0 aliphatic carbocycles. The van der Waals surface area contributed by atoms with Crippen LogP contribution in [0.1, 0.15) is 51.7 Å². The Morgan fingerprint density at radius 1 is 1.16 bits per heavy atom. The molecule has 3 aromatic rings. The van der Waals surface area contributed by atoms with E-state index in [-0.39, 0.29) is 12.0 Å². The summed E-state index contributed by atoms with van der Waals surface area (Å²) >= 11 is 0. The first-order chi connectivity index (χ1) is 15.5. The highest BCUT2D eigenvalue weighted by atomic mass is 16.5. The lowest BCUT2D eigenvalue weighted by molar-refractivity contribution is -0.0248. The maximum Gasteiger partial charge on any atom is 0.257 e. The molecule has 1 saturated heterocycles. The van der Waals surface area contributed by atoms with Crippen LogP contribution in [0.3, 0.4) is 0 Å². The maximum atomic E-state index is 13.0. The third kappa shape index (κ3) is 4.94. The van der Waals surface area contributed by atoms with E-state index < -0.39 is 0 Å². The van der Waals surface area contributed by atoms with Crippen LogP contribution < -0.4 is 4.74 Å². The number of benzene rings is 1. The van der Waals surface area contributed by atoms with Crippen molar-refractivity contribution < 1.29 is 14.3 Å². The topological polar surface area (TPSA) is 77.4 Å². The molecule has 7 heteroatoms. The van der Waals surface area contributed by atoms with Gasteiger partial charge < -0.3 is 14.4 Å². The summed E-state index contributed by atoms with van der Waals surface area (Å²) in [6.07, 6.45) is 3.97. The average Bonchev–Trinajstić information content (AvgIpc) is 2.81. The highest BCUT2D eigenvalue weighted by Crippen LogP contribution is 2.25. The van der Waals surface area contributed by atoms with E-state index in [0.717, 1.165) is 29.0 Å². The molecule has 2 aromatic heterocycles. The van der Waals surface area contributed by atoms with Crippen LogP contribution in [0, 0.1) is 13.8 Å². The van der Waals surface area contributed by atoms with E-state index in [1.54, 1.807) is 11.1 Å². The number of nitrogens with zero attached hydrogens (tertiary/aromatic N) is 4. The average molecular weight is 433 g/mol. The van der Waals surface area contributed by atoms with E-state index in [0.29, 0.717) is 43.4 Å². The lowest BCUT2D eigenvalue weighted by Crippen LogP contribution is -2.42. The van der Waals surface area contributed by atoms with Crippen molar-refractivity contribution in [3.8, 4) is 5.75 Å². The van der Waals surface area contributed by atoms with Gasteiger partial charge in [0.1, 0.15) is 17.7 Å². The Morgan fingerprint density at radius 2 is 2.00 bits per heavy atom. The number of morpholine rings is 1. The molecule has 7 nitrogen and oxygen atoms in total. The minimum Gasteiger partial charge on any atom is -0.494 e. The molecule has 1 atom stereocenters. The van der Waals surface area contributed by atoms with Crippen LogP contribution in [0.15, 0.2) is 48.8 Å². The number of aryl methyl sites for hydroxylation is 2. The minimum atomic E-state index is -0.260. The first kappa shape index (κ1) is 21.9. The lowest BCUT2D eigenvalue weighted by Gasteiger charge is -2.33. The second kappa shape index (κ2) is 9.87. The van der Waals surface area contributed by atoms with Crippen molar-refractivity contribution >= 4 is 5.91 Å². The summed E-state index contributed by atoms with van der Waals surface area (Å²) in [4.78, 5) is 27.9. The highest BCUT2D eigenvalue weighted by Gasteiger charge is 2.28. The van der Waals surface area contributed by atoms with Crippen LogP contribution in [0.25, 0.3) is 0 Å². The van der Waals surface area contributed by atoms with E-state index in [9.17, 15) is 4.79 Å². The molecular formula is C25H28N4O3. The van der Waals surface area contributed by atoms with E-state index in [1.165, 1.54) is 0 Å². The lowest BCUT2D eigenvalue weighted by atomic mass is 10.0. The van der Waals surface area contributed by atoms with Gasteiger partial charge in [0.2, 0.25) is 0 Å². The van der Waals surface area contributed by atoms with E-state index in [2.05, 4.69) is 27.1 Å². The second-order valence-electron chi connectivity index (χ2n) is 7.84. The van der Waals surface area contributed by atoms with Gasteiger partial charge in [-0.1, -0.05) is 24.3 Å². The number of hydrogen-bond donors (Lipinski definition) is 0. The second-order valence-corrected chi connectivity index (χ2v) is 7.84. The monoisotopic (exact) mass is 432 g/mol. The Balaban J connectivity index is 1.44. The molecule has 1 unspecified atom stereocenters. The molecule has 0 saturated carbocycles. The number of carbonyl (C=O) groups excluding carboxylic acids is 1. The Kier molecular flexibility index (Phi) is 6.75. The van der Waals surface area contributed by atoms with Gasteiger partial charge in [0.15, 0.2) is 0 Å². The Bertz CT molecular complexity index is 1080. The molecule has 1 fully saturated rings. The fourth-order valence-corrected chi connectivity index (χ4v) is 3.87. The van der Waals surface area contributed by atoms with Crippen LogP contribution in [-0.4, -0.2) is 52.1 Å². The quantitative estimate of drug-likeness (QED) is 0.591. The van der Waals surface area contributed by atoms with Gasteiger partial charge in [-0.3, -0.25) is 9.78 Å². The van der Waals surface area contributed by atoms with Crippen LogP contribution in [0.4, 0.5) is 0 Å². The van der Waals surface area contributed by atoms with Crippen molar-refractivity contribution in [2.45, 2.75) is 33.3 Å². The fraction of sp³-hybridized carbons (Fsp3) is 0.360. The van der Waals surface area contributed by atoms with E-state index in [1.807, 2.05) is 51.2 Å². The highest BCUT2D eigenvalue weighted by molar-refractivity contribution is 5.95. The Labute approximate surface area is 188 Å². The molecule has 4 rings (SSSR count). The van der Waals surface area contributed by atoms with Gasteiger partial charge in [0.05, 0.1) is 36.7 Å². The maximum absolute atomic E-state index is 13.0. The van der Waals surface area contributed by atoms with Crippen molar-refractivity contribution in [2.75, 3.05) is 26.3 Å². The number of carbonyl (C=O) groups is 1. The zero-order valence-corrected chi connectivity index (χ0v) is 18.7. The Morgan fingerprint density at radius 3 is 2.75 bits per heavy atom. The summed E-state index contributed by atoms with van der Waals surface area (Å²) in [7, 11) is 0. The van der Waals surface area contributed by atoms with Crippen molar-refractivity contribution in [1.82, 2.24) is 19.9 Å². The van der Waals surface area contributed by atoms with Crippen LogP contribution in [0.5, 0.6) is 5.75 Å². The molecule has 0 bridgehead atoms. The molecular weight excluding hydrogens is 404 g/mol. The molecule has 0 spiro atoms. The van der Waals surface area contributed by atoms with Crippen molar-refractivity contribution in [2.24, 2.45) is 0 Å². The fourth-order valence-electron chi connectivity index (χ4n) is 3.87. The normalized spacial score (nSPS) is 16.1. The van der Waals surface area contributed by atoms with Crippen molar-refractivity contribution in [3.05, 3.63) is 82.7 Å². The number of pyridine rings is 1. The summed E-state index contributed by atoms with van der Waals surface area (Å²) in [5.74, 6) is 1.49. The third-order valence-electron chi connectivity index (χ3n) is 5.53. The first-order valence-corrected chi connectivity index (χ1v) is 10.9. The molecule has 1 amide bonds. The molecule has 1 aromatic carbocycles. The van der Waals surface area contributed by atoms with Crippen molar-refractivity contribution in [1.29, 1.82) is 0 Å². The molecule has 0 radical (unpaired) electrons. The predicted molar refractivity (Wildman–Crippen MR) is 121 cm³/mol. The summed E-state index contributed by atoms with van der Waals surface area (Å²) in [6, 6.07) is 12.1. The summed E-state index contributed by atoms with van der Waals surface area (Å²) in [6.45, 7) is 7.73. The summed E-state index contributed by atoms with van der Waals surface area (Å²) in [5, 5.41) is 0. The predicted octanol–water partition coefficient (Wildman–Crippen LogP) is 3.69. The molecule has 1 aliphatic rings. The Hall–Kier alpha value is -3.32. The molecule has 1 aliphatic heterocycles. The minimum absolute atomic E-state index is 0.0695. The molecule has 0 N–H and O–H groups in total. The van der Waals surface area contributed by atoms with Gasteiger partial charge in [0.25, 0.3) is 5.91 Å². The van der Waals surface area contributed by atoms with Gasteiger partial charge in [-0.15, -0.1) is 0 Å². The van der Waals surface area contributed by atoms with Gasteiger partial charge in [0, 0.05) is 25.4 Å². The zero-order valence-electron chi connectivity index (χ0n) is 18.7. The van der Waals surface area contributed by atoms with Crippen LogP contribution >= 0.6 is 0 Å². The smallest absolute Gasteiger partial charge is 0.257 e. The van der Waals surface area contributed by atoms with Crippen molar-refractivity contribution in [3.63, 3.8) is 0 Å². The first-order valence-electron chi connectivity index (χ1n) is 10.9. The number of hydrogen-bond acceptors (Lipinski definition) is 6. The SMILES string of the molecule is CCOc1ccccc1Cc1ccc(C2CN(C(=O)c3cnc(C)nc3C)CCO2)nc1. The molecule has 3 heterocycles. The molecule has 32 heavy (non-hydrogen) atoms. The molecule has 166 valence electrons. The summed E-state index contributed by atoms with van der Waals surface area (Å²) in [5.41, 5.74) is 4.27. The van der Waals surface area contributed by atoms with E-state index >= 15 is 0 Å².